The molecule has 1 aromatic rings. The lowest BCUT2D eigenvalue weighted by molar-refractivity contribution is 0.412. The lowest BCUT2D eigenvalue weighted by atomic mass is 10.3. The third-order valence-corrected chi connectivity index (χ3v) is 2.10. The van der Waals surface area contributed by atoms with Crippen LogP contribution in [0.15, 0.2) is 27.7 Å². The van der Waals surface area contributed by atoms with Crippen LogP contribution in [0, 0.1) is 0 Å². The molecule has 0 aliphatic rings. The van der Waals surface area contributed by atoms with Gasteiger partial charge in [0.1, 0.15) is 5.75 Å². The normalized spacial score (nSPS) is 11.5. The minimum Gasteiger partial charge on any atom is -0.495 e. The van der Waals surface area contributed by atoms with Gasteiger partial charge in [0.2, 0.25) is 0 Å². The number of ether oxygens (including phenoxy) is 1. The molecule has 0 fully saturated rings. The number of hydrogen-bond acceptors (Lipinski definition) is 2. The number of methoxy groups -OCH3 is 1. The van der Waals surface area contributed by atoms with Crippen molar-refractivity contribution in [2.24, 2.45) is 10.7 Å². The van der Waals surface area contributed by atoms with E-state index in [9.17, 15) is 0 Å². The van der Waals surface area contributed by atoms with Crippen LogP contribution in [0.2, 0.25) is 0 Å². The highest BCUT2D eigenvalue weighted by molar-refractivity contribution is 9.10. The average molecular weight is 243 g/mol. The summed E-state index contributed by atoms with van der Waals surface area (Å²) in [5, 5.41) is 0. The first kappa shape index (κ1) is 10.1. The molecule has 0 saturated heterocycles. The molecule has 0 unspecified atom stereocenters. The van der Waals surface area contributed by atoms with Gasteiger partial charge in [-0.3, -0.25) is 0 Å². The van der Waals surface area contributed by atoms with Gasteiger partial charge in [-0.2, -0.15) is 0 Å². The van der Waals surface area contributed by atoms with Gasteiger partial charge < -0.3 is 10.5 Å². The lowest BCUT2D eigenvalue weighted by Crippen LogP contribution is -2.03. The van der Waals surface area contributed by atoms with E-state index >= 15 is 0 Å². The van der Waals surface area contributed by atoms with Gasteiger partial charge in [0, 0.05) is 6.07 Å². The highest BCUT2D eigenvalue weighted by Gasteiger charge is 1.99. The molecule has 0 radical (unpaired) electrons. The molecule has 1 rings (SSSR count). The predicted octanol–water partition coefficient (Wildman–Crippen LogP) is 2.47. The fraction of sp³-hybridized carbons (Fsp3) is 0.222. The fourth-order valence-electron chi connectivity index (χ4n) is 0.922. The number of aliphatic imine (C=N–C) groups is 1. The summed E-state index contributed by atoms with van der Waals surface area (Å²) in [4.78, 5) is 4.10. The van der Waals surface area contributed by atoms with Crippen molar-refractivity contribution in [1.82, 2.24) is 0 Å². The number of nitrogens with two attached hydrogens (primary N) is 1. The Morgan fingerprint density at radius 2 is 2.23 bits per heavy atom. The minimum absolute atomic E-state index is 0.532. The molecule has 0 saturated carbocycles. The second-order valence-electron chi connectivity index (χ2n) is 2.57. The quantitative estimate of drug-likeness (QED) is 0.640. The first-order chi connectivity index (χ1) is 6.13. The smallest absolute Gasteiger partial charge is 0.135 e. The Bertz CT molecular complexity index is 332. The van der Waals surface area contributed by atoms with Crippen molar-refractivity contribution in [3.63, 3.8) is 0 Å². The number of amidine groups is 1. The van der Waals surface area contributed by atoms with Crippen LogP contribution in [0.25, 0.3) is 0 Å². The second-order valence-corrected chi connectivity index (χ2v) is 3.43. The highest BCUT2D eigenvalue weighted by atomic mass is 79.9. The van der Waals surface area contributed by atoms with Gasteiger partial charge in [-0.15, -0.1) is 0 Å². The third-order valence-electron chi connectivity index (χ3n) is 1.44. The van der Waals surface area contributed by atoms with E-state index in [0.29, 0.717) is 5.84 Å². The van der Waals surface area contributed by atoms with Crippen molar-refractivity contribution < 1.29 is 4.74 Å². The Morgan fingerprint density at radius 1 is 1.54 bits per heavy atom. The molecule has 0 aromatic heterocycles. The average Bonchev–Trinajstić information content (AvgIpc) is 2.07. The molecule has 1 aromatic carbocycles. The maximum Gasteiger partial charge on any atom is 0.135 e. The number of hydrogen-bond donors (Lipinski definition) is 1. The molecule has 3 nitrogen and oxygen atoms in total. The summed E-state index contributed by atoms with van der Waals surface area (Å²) in [6, 6.07) is 5.56. The monoisotopic (exact) mass is 242 g/mol. The van der Waals surface area contributed by atoms with E-state index in [4.69, 9.17) is 10.5 Å². The Balaban J connectivity index is 3.06. The Kier molecular flexibility index (Phi) is 3.31. The summed E-state index contributed by atoms with van der Waals surface area (Å²) < 4.78 is 6.02. The van der Waals surface area contributed by atoms with Gasteiger partial charge in [-0.1, -0.05) is 0 Å². The van der Waals surface area contributed by atoms with Crippen molar-refractivity contribution in [3.05, 3.63) is 22.7 Å². The number of rotatable bonds is 2. The van der Waals surface area contributed by atoms with Gasteiger partial charge >= 0.3 is 0 Å². The van der Waals surface area contributed by atoms with E-state index in [1.807, 2.05) is 18.2 Å². The van der Waals surface area contributed by atoms with Gasteiger partial charge in [0.05, 0.1) is 23.1 Å². The molecule has 2 N–H and O–H groups in total. The van der Waals surface area contributed by atoms with Crippen LogP contribution in [0.3, 0.4) is 0 Å². The van der Waals surface area contributed by atoms with Crippen molar-refractivity contribution in [1.29, 1.82) is 0 Å². The van der Waals surface area contributed by atoms with Gasteiger partial charge in [-0.25, -0.2) is 4.99 Å². The zero-order chi connectivity index (χ0) is 9.84. The predicted molar refractivity (Wildman–Crippen MR) is 57.7 cm³/mol. The molecule has 0 heterocycles. The Labute approximate surface area is 85.7 Å². The summed E-state index contributed by atoms with van der Waals surface area (Å²) >= 11 is 3.35. The van der Waals surface area contributed by atoms with Crippen molar-refractivity contribution in [2.45, 2.75) is 6.92 Å². The van der Waals surface area contributed by atoms with Crippen LogP contribution in [0.1, 0.15) is 6.92 Å². The number of nitrogens with zero attached hydrogens (tertiary/aromatic N) is 1. The molecule has 0 spiro atoms. The zero-order valence-corrected chi connectivity index (χ0v) is 9.13. The van der Waals surface area contributed by atoms with E-state index in [1.54, 1.807) is 14.0 Å². The molecule has 13 heavy (non-hydrogen) atoms. The van der Waals surface area contributed by atoms with Gasteiger partial charge in [0.25, 0.3) is 0 Å². The van der Waals surface area contributed by atoms with Crippen LogP contribution >= 0.6 is 15.9 Å². The zero-order valence-electron chi connectivity index (χ0n) is 7.54. The summed E-state index contributed by atoms with van der Waals surface area (Å²) in [5.74, 6) is 1.28. The van der Waals surface area contributed by atoms with Gasteiger partial charge in [-0.05, 0) is 35.0 Å². The fourth-order valence-corrected chi connectivity index (χ4v) is 1.33. The standard InChI is InChI=1S/C9H11BrN2O/c1-6(11)12-7-3-4-8(10)9(5-7)13-2/h3-5H,1-2H3,(H2,11,12). The minimum atomic E-state index is 0.532. The topological polar surface area (TPSA) is 47.6 Å². The van der Waals surface area contributed by atoms with E-state index < -0.39 is 0 Å². The van der Waals surface area contributed by atoms with E-state index in [1.165, 1.54) is 0 Å². The van der Waals surface area contributed by atoms with Gasteiger partial charge in [0.15, 0.2) is 0 Å². The van der Waals surface area contributed by atoms with Crippen LogP contribution in [0.4, 0.5) is 5.69 Å². The van der Waals surface area contributed by atoms with E-state index in [0.717, 1.165) is 15.9 Å². The molecule has 0 bridgehead atoms. The summed E-state index contributed by atoms with van der Waals surface area (Å²) in [6.07, 6.45) is 0. The van der Waals surface area contributed by atoms with Crippen molar-refractivity contribution in [3.8, 4) is 5.75 Å². The first-order valence-electron chi connectivity index (χ1n) is 3.78. The molecular weight excluding hydrogens is 232 g/mol. The van der Waals surface area contributed by atoms with E-state index in [-0.39, 0.29) is 0 Å². The SMILES string of the molecule is COc1cc(N=C(C)N)ccc1Br. The van der Waals surface area contributed by atoms with Crippen LogP contribution in [0.5, 0.6) is 5.75 Å². The van der Waals surface area contributed by atoms with Crippen LogP contribution in [-0.2, 0) is 0 Å². The maximum absolute atomic E-state index is 5.45. The molecule has 0 atom stereocenters. The Hall–Kier alpha value is -1.03. The summed E-state index contributed by atoms with van der Waals surface area (Å²) in [7, 11) is 1.61. The maximum atomic E-state index is 5.45. The largest absolute Gasteiger partial charge is 0.495 e. The second kappa shape index (κ2) is 4.28. The molecule has 0 aliphatic carbocycles. The number of benzene rings is 1. The third kappa shape index (κ3) is 2.73. The molecule has 0 amide bonds. The van der Waals surface area contributed by atoms with Crippen molar-refractivity contribution in [2.75, 3.05) is 7.11 Å². The summed E-state index contributed by atoms with van der Waals surface area (Å²) in [5.41, 5.74) is 6.24. The molecular formula is C9H11BrN2O. The highest BCUT2D eigenvalue weighted by Crippen LogP contribution is 2.28. The van der Waals surface area contributed by atoms with Crippen LogP contribution in [-0.4, -0.2) is 12.9 Å². The molecule has 70 valence electrons. The van der Waals surface area contributed by atoms with Crippen LogP contribution < -0.4 is 10.5 Å². The molecule has 0 aliphatic heterocycles. The summed E-state index contributed by atoms with van der Waals surface area (Å²) in [6.45, 7) is 1.74. The van der Waals surface area contributed by atoms with E-state index in [2.05, 4.69) is 20.9 Å². The molecule has 4 heteroatoms. The Morgan fingerprint density at radius 3 is 2.77 bits per heavy atom. The number of halogens is 1. The van der Waals surface area contributed by atoms with Crippen molar-refractivity contribution >= 4 is 27.5 Å². The first-order valence-corrected chi connectivity index (χ1v) is 4.57. The lowest BCUT2D eigenvalue weighted by Gasteiger charge is -2.03.